The molecule has 0 saturated carbocycles. The van der Waals surface area contributed by atoms with Crippen LogP contribution < -0.4 is 0 Å². The number of hydrogen-bond acceptors (Lipinski definition) is 1. The van der Waals surface area contributed by atoms with Gasteiger partial charge in [0.25, 0.3) is 0 Å². The molecule has 0 aliphatic carbocycles. The van der Waals surface area contributed by atoms with Gasteiger partial charge < -0.3 is 9.97 Å². The minimum Gasteiger partial charge on any atom is -0.361 e. The van der Waals surface area contributed by atoms with Crippen LogP contribution in [0.25, 0.3) is 21.8 Å². The largest absolute Gasteiger partial charge is 0.361 e. The van der Waals surface area contributed by atoms with Gasteiger partial charge in [-0.15, -0.1) is 0 Å². The second-order valence-electron chi connectivity index (χ2n) is 5.89. The van der Waals surface area contributed by atoms with Crippen LogP contribution in [0.5, 0.6) is 0 Å². The predicted octanol–water partition coefficient (Wildman–Crippen LogP) is 4.28. The van der Waals surface area contributed by atoms with Gasteiger partial charge >= 0.3 is 0 Å². The molecular formula is C19H19N3. The molecule has 0 amide bonds. The number of fused-ring (bicyclic) bond motifs is 2. The molecule has 3 heteroatoms. The van der Waals surface area contributed by atoms with E-state index in [1.165, 1.54) is 32.9 Å². The van der Waals surface area contributed by atoms with Crippen molar-refractivity contribution in [2.24, 2.45) is 0 Å². The van der Waals surface area contributed by atoms with Crippen molar-refractivity contribution in [2.45, 2.75) is 13.1 Å². The lowest BCUT2D eigenvalue weighted by atomic mass is 10.1. The fourth-order valence-electron chi connectivity index (χ4n) is 3.16. The van der Waals surface area contributed by atoms with Gasteiger partial charge in [0.2, 0.25) is 0 Å². The Kier molecular flexibility index (Phi) is 3.20. The number of H-pyrrole nitrogens is 2. The molecule has 22 heavy (non-hydrogen) atoms. The average Bonchev–Trinajstić information content (AvgIpc) is 3.13. The second kappa shape index (κ2) is 5.35. The summed E-state index contributed by atoms with van der Waals surface area (Å²) in [4.78, 5) is 9.05. The van der Waals surface area contributed by atoms with Crippen molar-refractivity contribution in [3.05, 3.63) is 72.1 Å². The SMILES string of the molecule is CN(Cc1c[nH]c2ccccc12)Cc1c[nH]c2ccccc12. The van der Waals surface area contributed by atoms with E-state index in [-0.39, 0.29) is 0 Å². The maximum absolute atomic E-state index is 3.35. The van der Waals surface area contributed by atoms with Gasteiger partial charge in [-0.25, -0.2) is 0 Å². The standard InChI is InChI=1S/C19H19N3/c1-22(12-14-10-20-18-8-4-2-6-16(14)18)13-15-11-21-19-9-5-3-7-17(15)19/h2-11,20-21H,12-13H2,1H3. The van der Waals surface area contributed by atoms with Crippen LogP contribution in [0.1, 0.15) is 11.1 Å². The lowest BCUT2D eigenvalue weighted by Gasteiger charge is -2.15. The third-order valence-electron chi connectivity index (χ3n) is 4.23. The van der Waals surface area contributed by atoms with E-state index in [0.29, 0.717) is 0 Å². The van der Waals surface area contributed by atoms with Crippen LogP contribution in [0, 0.1) is 0 Å². The molecule has 110 valence electrons. The van der Waals surface area contributed by atoms with Gasteiger partial charge in [0.05, 0.1) is 0 Å². The monoisotopic (exact) mass is 289 g/mol. The first-order valence-electron chi connectivity index (χ1n) is 7.60. The van der Waals surface area contributed by atoms with E-state index in [1.807, 2.05) is 0 Å². The van der Waals surface area contributed by atoms with Gasteiger partial charge in [0.15, 0.2) is 0 Å². The Morgan fingerprint density at radius 2 is 1.18 bits per heavy atom. The minimum absolute atomic E-state index is 0.934. The van der Waals surface area contributed by atoms with Gasteiger partial charge in [-0.05, 0) is 30.3 Å². The van der Waals surface area contributed by atoms with Crippen LogP contribution in [0.2, 0.25) is 0 Å². The number of nitrogens with one attached hydrogen (secondary N) is 2. The molecule has 0 fully saturated rings. The molecule has 3 nitrogen and oxygen atoms in total. The lowest BCUT2D eigenvalue weighted by Crippen LogP contribution is -2.16. The molecule has 0 bridgehead atoms. The van der Waals surface area contributed by atoms with Crippen LogP contribution in [0.4, 0.5) is 0 Å². The van der Waals surface area contributed by atoms with E-state index >= 15 is 0 Å². The van der Waals surface area contributed by atoms with E-state index in [2.05, 4.69) is 82.8 Å². The number of benzene rings is 2. The summed E-state index contributed by atoms with van der Waals surface area (Å²) in [6.45, 7) is 1.87. The minimum atomic E-state index is 0.934. The molecule has 4 rings (SSSR count). The van der Waals surface area contributed by atoms with E-state index < -0.39 is 0 Å². The number of aromatic amines is 2. The third-order valence-corrected chi connectivity index (χ3v) is 4.23. The fraction of sp³-hybridized carbons (Fsp3) is 0.158. The molecule has 2 aromatic carbocycles. The van der Waals surface area contributed by atoms with Crippen molar-refractivity contribution in [1.82, 2.24) is 14.9 Å². The van der Waals surface area contributed by atoms with Gasteiger partial charge in [-0.3, -0.25) is 4.90 Å². The molecule has 4 aromatic rings. The summed E-state index contributed by atoms with van der Waals surface area (Å²) in [6.07, 6.45) is 4.24. The molecule has 0 atom stereocenters. The van der Waals surface area contributed by atoms with Crippen LogP contribution >= 0.6 is 0 Å². The number of rotatable bonds is 4. The molecule has 2 aromatic heterocycles. The van der Waals surface area contributed by atoms with Crippen LogP contribution in [0.15, 0.2) is 60.9 Å². The highest BCUT2D eigenvalue weighted by Gasteiger charge is 2.09. The Morgan fingerprint density at radius 3 is 1.68 bits per heavy atom. The summed E-state index contributed by atoms with van der Waals surface area (Å²) in [5.74, 6) is 0. The maximum atomic E-state index is 3.35. The number of nitrogens with zero attached hydrogens (tertiary/aromatic N) is 1. The zero-order valence-corrected chi connectivity index (χ0v) is 12.6. The molecule has 0 aliphatic heterocycles. The van der Waals surface area contributed by atoms with E-state index in [9.17, 15) is 0 Å². The highest BCUT2D eigenvalue weighted by molar-refractivity contribution is 5.83. The zero-order valence-electron chi connectivity index (χ0n) is 12.6. The Morgan fingerprint density at radius 1 is 0.727 bits per heavy atom. The summed E-state index contributed by atoms with van der Waals surface area (Å²) in [5.41, 5.74) is 5.10. The number of aromatic nitrogens is 2. The smallest absolute Gasteiger partial charge is 0.0457 e. The molecule has 0 radical (unpaired) electrons. The molecule has 0 spiro atoms. The van der Waals surface area contributed by atoms with Crippen molar-refractivity contribution in [2.75, 3.05) is 7.05 Å². The van der Waals surface area contributed by atoms with Gasteiger partial charge in [0.1, 0.15) is 0 Å². The summed E-state index contributed by atoms with van der Waals surface area (Å²) in [7, 11) is 2.17. The van der Waals surface area contributed by atoms with Gasteiger partial charge in [-0.2, -0.15) is 0 Å². The van der Waals surface area contributed by atoms with Crippen LogP contribution in [-0.4, -0.2) is 21.9 Å². The molecule has 0 unspecified atom stereocenters. The fourth-order valence-corrected chi connectivity index (χ4v) is 3.16. The first-order chi connectivity index (χ1) is 10.8. The topological polar surface area (TPSA) is 34.8 Å². The molecule has 2 N–H and O–H groups in total. The lowest BCUT2D eigenvalue weighted by molar-refractivity contribution is 0.321. The first-order valence-corrected chi connectivity index (χ1v) is 7.60. The number of hydrogen-bond donors (Lipinski definition) is 2. The maximum Gasteiger partial charge on any atom is 0.0457 e. The Bertz CT molecular complexity index is 840. The molecule has 0 saturated heterocycles. The van der Waals surface area contributed by atoms with Crippen molar-refractivity contribution >= 4 is 21.8 Å². The quantitative estimate of drug-likeness (QED) is 0.578. The highest BCUT2D eigenvalue weighted by atomic mass is 15.1. The predicted molar refractivity (Wildman–Crippen MR) is 91.8 cm³/mol. The van der Waals surface area contributed by atoms with Crippen molar-refractivity contribution in [1.29, 1.82) is 0 Å². The Labute approximate surface area is 129 Å². The third kappa shape index (κ3) is 2.30. The highest BCUT2D eigenvalue weighted by Crippen LogP contribution is 2.22. The first kappa shape index (κ1) is 13.2. The van der Waals surface area contributed by atoms with Crippen molar-refractivity contribution < 1.29 is 0 Å². The molecule has 0 aliphatic rings. The van der Waals surface area contributed by atoms with Crippen molar-refractivity contribution in [3.8, 4) is 0 Å². The van der Waals surface area contributed by atoms with Crippen molar-refractivity contribution in [3.63, 3.8) is 0 Å². The Hall–Kier alpha value is -2.52. The summed E-state index contributed by atoms with van der Waals surface area (Å²) < 4.78 is 0. The van der Waals surface area contributed by atoms with E-state index in [0.717, 1.165) is 13.1 Å². The molecular weight excluding hydrogens is 270 g/mol. The second-order valence-corrected chi connectivity index (χ2v) is 5.89. The summed E-state index contributed by atoms with van der Waals surface area (Å²) >= 11 is 0. The summed E-state index contributed by atoms with van der Waals surface area (Å²) in [5, 5.41) is 2.63. The summed E-state index contributed by atoms with van der Waals surface area (Å²) in [6, 6.07) is 16.9. The normalized spacial score (nSPS) is 11.7. The average molecular weight is 289 g/mol. The zero-order chi connectivity index (χ0) is 14.9. The van der Waals surface area contributed by atoms with E-state index in [1.54, 1.807) is 0 Å². The molecule has 2 heterocycles. The van der Waals surface area contributed by atoms with Gasteiger partial charge in [-0.1, -0.05) is 36.4 Å². The Balaban J connectivity index is 1.56. The number of para-hydroxylation sites is 2. The van der Waals surface area contributed by atoms with Crippen LogP contribution in [0.3, 0.4) is 0 Å². The van der Waals surface area contributed by atoms with Crippen LogP contribution in [-0.2, 0) is 13.1 Å². The van der Waals surface area contributed by atoms with E-state index in [4.69, 9.17) is 0 Å². The van der Waals surface area contributed by atoms with Gasteiger partial charge in [0, 0.05) is 47.3 Å².